The summed E-state index contributed by atoms with van der Waals surface area (Å²) >= 11 is 0. The van der Waals surface area contributed by atoms with Gasteiger partial charge >= 0.3 is 0 Å². The predicted molar refractivity (Wildman–Crippen MR) is 72.2 cm³/mol. The van der Waals surface area contributed by atoms with Crippen molar-refractivity contribution in [3.8, 4) is 0 Å². The summed E-state index contributed by atoms with van der Waals surface area (Å²) in [6.07, 6.45) is 5.97. The van der Waals surface area contributed by atoms with Crippen molar-refractivity contribution in [2.75, 3.05) is 6.54 Å². The van der Waals surface area contributed by atoms with E-state index in [1.54, 1.807) is 0 Å². The van der Waals surface area contributed by atoms with E-state index in [0.29, 0.717) is 17.3 Å². The van der Waals surface area contributed by atoms with Crippen LogP contribution in [0.2, 0.25) is 0 Å². The largest absolute Gasteiger partial charge is 0.385 e. The summed E-state index contributed by atoms with van der Waals surface area (Å²) in [5, 5.41) is 3.54. The minimum absolute atomic E-state index is 0.376. The standard InChI is InChI=1S/C15H27N/c1-11(2)10-16-14-8-7-13(9-12(14)3)15(4,5)6/h8-9,11,13,16H,7,10H2,1-6H3. The lowest BCUT2D eigenvalue weighted by Gasteiger charge is -2.31. The van der Waals surface area contributed by atoms with E-state index in [0.717, 1.165) is 6.54 Å². The summed E-state index contributed by atoms with van der Waals surface area (Å²) < 4.78 is 0. The van der Waals surface area contributed by atoms with Crippen molar-refractivity contribution in [1.29, 1.82) is 0 Å². The third-order valence-electron chi connectivity index (χ3n) is 3.27. The fraction of sp³-hybridized carbons (Fsp3) is 0.733. The Morgan fingerprint density at radius 1 is 1.38 bits per heavy atom. The van der Waals surface area contributed by atoms with Crippen molar-refractivity contribution in [2.24, 2.45) is 17.3 Å². The van der Waals surface area contributed by atoms with Gasteiger partial charge in [0.15, 0.2) is 0 Å². The number of hydrogen-bond acceptors (Lipinski definition) is 1. The van der Waals surface area contributed by atoms with Crippen LogP contribution in [0.5, 0.6) is 0 Å². The van der Waals surface area contributed by atoms with Gasteiger partial charge in [-0.3, -0.25) is 0 Å². The fourth-order valence-electron chi connectivity index (χ4n) is 1.99. The highest BCUT2D eigenvalue weighted by molar-refractivity contribution is 5.32. The number of allylic oxidation sites excluding steroid dienone is 3. The second-order valence-electron chi connectivity index (χ2n) is 6.45. The highest BCUT2D eigenvalue weighted by Gasteiger charge is 2.24. The number of hydrogen-bond donors (Lipinski definition) is 1. The Hall–Kier alpha value is -0.720. The molecule has 1 aliphatic rings. The summed E-state index contributed by atoms with van der Waals surface area (Å²) in [5.74, 6) is 1.38. The molecule has 16 heavy (non-hydrogen) atoms. The van der Waals surface area contributed by atoms with Gasteiger partial charge in [0, 0.05) is 12.2 Å². The molecule has 1 aliphatic carbocycles. The Morgan fingerprint density at radius 2 is 2.00 bits per heavy atom. The maximum atomic E-state index is 3.54. The molecule has 1 unspecified atom stereocenters. The molecule has 0 saturated carbocycles. The Bertz CT molecular complexity index is 289. The third-order valence-corrected chi connectivity index (χ3v) is 3.27. The molecule has 1 atom stereocenters. The molecule has 1 nitrogen and oxygen atoms in total. The summed E-state index contributed by atoms with van der Waals surface area (Å²) in [4.78, 5) is 0. The molecule has 1 rings (SSSR count). The van der Waals surface area contributed by atoms with Crippen LogP contribution in [0.25, 0.3) is 0 Å². The van der Waals surface area contributed by atoms with E-state index in [1.165, 1.54) is 17.7 Å². The SMILES string of the molecule is CC1=CC(C(C)(C)C)CC=C1NCC(C)C. The average molecular weight is 221 g/mol. The Labute approximate surface area is 101 Å². The Morgan fingerprint density at radius 3 is 2.44 bits per heavy atom. The van der Waals surface area contributed by atoms with Crippen molar-refractivity contribution >= 4 is 0 Å². The molecule has 0 fully saturated rings. The van der Waals surface area contributed by atoms with Gasteiger partial charge in [-0.25, -0.2) is 0 Å². The quantitative estimate of drug-likeness (QED) is 0.755. The second-order valence-corrected chi connectivity index (χ2v) is 6.45. The first-order valence-corrected chi connectivity index (χ1v) is 6.43. The monoisotopic (exact) mass is 221 g/mol. The highest BCUT2D eigenvalue weighted by Crippen LogP contribution is 2.34. The van der Waals surface area contributed by atoms with Crippen LogP contribution in [-0.2, 0) is 0 Å². The molecule has 0 spiro atoms. The third kappa shape index (κ3) is 3.70. The molecule has 0 bridgehead atoms. The molecule has 0 saturated heterocycles. The van der Waals surface area contributed by atoms with Crippen molar-refractivity contribution in [2.45, 2.75) is 48.0 Å². The van der Waals surface area contributed by atoms with E-state index in [4.69, 9.17) is 0 Å². The average Bonchev–Trinajstić information content (AvgIpc) is 2.14. The van der Waals surface area contributed by atoms with Gasteiger partial charge in [0.2, 0.25) is 0 Å². The first-order valence-electron chi connectivity index (χ1n) is 6.43. The van der Waals surface area contributed by atoms with Crippen LogP contribution in [-0.4, -0.2) is 6.54 Å². The van der Waals surface area contributed by atoms with E-state index >= 15 is 0 Å². The second kappa shape index (κ2) is 5.07. The van der Waals surface area contributed by atoms with E-state index in [9.17, 15) is 0 Å². The molecule has 0 heterocycles. The molecule has 0 aromatic rings. The topological polar surface area (TPSA) is 12.0 Å². The molecule has 0 radical (unpaired) electrons. The Kier molecular flexibility index (Phi) is 4.23. The van der Waals surface area contributed by atoms with E-state index in [2.05, 4.69) is 59.0 Å². The van der Waals surface area contributed by atoms with Crippen molar-refractivity contribution in [3.05, 3.63) is 23.4 Å². The van der Waals surface area contributed by atoms with Gasteiger partial charge in [-0.15, -0.1) is 0 Å². The van der Waals surface area contributed by atoms with Gasteiger partial charge in [-0.05, 0) is 36.2 Å². The van der Waals surface area contributed by atoms with Crippen LogP contribution >= 0.6 is 0 Å². The number of nitrogens with one attached hydrogen (secondary N) is 1. The molecule has 92 valence electrons. The number of rotatable bonds is 3. The lowest BCUT2D eigenvalue weighted by Crippen LogP contribution is -2.25. The van der Waals surface area contributed by atoms with Gasteiger partial charge in [0.25, 0.3) is 0 Å². The van der Waals surface area contributed by atoms with Gasteiger partial charge in [0.1, 0.15) is 0 Å². The molecular formula is C15H27N. The van der Waals surface area contributed by atoms with E-state index < -0.39 is 0 Å². The zero-order valence-corrected chi connectivity index (χ0v) is 11.7. The fourth-order valence-corrected chi connectivity index (χ4v) is 1.99. The summed E-state index contributed by atoms with van der Waals surface area (Å²) in [5.41, 5.74) is 3.13. The van der Waals surface area contributed by atoms with E-state index in [-0.39, 0.29) is 0 Å². The molecule has 1 N–H and O–H groups in total. The van der Waals surface area contributed by atoms with E-state index in [1.807, 2.05) is 0 Å². The van der Waals surface area contributed by atoms with Gasteiger partial charge in [-0.2, -0.15) is 0 Å². The minimum atomic E-state index is 0.376. The molecular weight excluding hydrogens is 194 g/mol. The van der Waals surface area contributed by atoms with Crippen molar-refractivity contribution in [3.63, 3.8) is 0 Å². The summed E-state index contributed by atoms with van der Waals surface area (Å²) in [7, 11) is 0. The Balaban J connectivity index is 2.61. The molecule has 0 aromatic carbocycles. The van der Waals surface area contributed by atoms with Gasteiger partial charge < -0.3 is 5.32 Å². The van der Waals surface area contributed by atoms with Crippen LogP contribution in [0.3, 0.4) is 0 Å². The maximum Gasteiger partial charge on any atom is 0.0326 e. The zero-order valence-electron chi connectivity index (χ0n) is 11.7. The smallest absolute Gasteiger partial charge is 0.0326 e. The van der Waals surface area contributed by atoms with Gasteiger partial charge in [0.05, 0.1) is 0 Å². The molecule has 0 aliphatic heterocycles. The lowest BCUT2D eigenvalue weighted by molar-refractivity contribution is 0.291. The normalized spacial score (nSPS) is 21.8. The molecule has 1 heteroatoms. The first kappa shape index (κ1) is 13.3. The minimum Gasteiger partial charge on any atom is -0.385 e. The van der Waals surface area contributed by atoms with Crippen LogP contribution in [0.1, 0.15) is 48.0 Å². The maximum absolute atomic E-state index is 3.54. The summed E-state index contributed by atoms with van der Waals surface area (Å²) in [6, 6.07) is 0. The van der Waals surface area contributed by atoms with Crippen molar-refractivity contribution in [1.82, 2.24) is 5.32 Å². The highest BCUT2D eigenvalue weighted by atomic mass is 14.9. The van der Waals surface area contributed by atoms with Crippen molar-refractivity contribution < 1.29 is 0 Å². The lowest BCUT2D eigenvalue weighted by atomic mass is 9.75. The van der Waals surface area contributed by atoms with Crippen LogP contribution in [0.15, 0.2) is 23.4 Å². The molecule has 0 aromatic heterocycles. The van der Waals surface area contributed by atoms with Crippen LogP contribution in [0.4, 0.5) is 0 Å². The molecule has 0 amide bonds. The predicted octanol–water partition coefficient (Wildman–Crippen LogP) is 4.13. The zero-order chi connectivity index (χ0) is 12.3. The summed E-state index contributed by atoms with van der Waals surface area (Å²) in [6.45, 7) is 14.7. The van der Waals surface area contributed by atoms with Gasteiger partial charge in [-0.1, -0.05) is 46.8 Å². The van der Waals surface area contributed by atoms with Crippen LogP contribution in [0, 0.1) is 17.3 Å². The first-order chi connectivity index (χ1) is 7.30. The van der Waals surface area contributed by atoms with Crippen LogP contribution < -0.4 is 5.32 Å².